The zero-order valence-corrected chi connectivity index (χ0v) is 9.96. The number of carbonyl (C=O) groups is 1. The number of nitrogens with zero attached hydrogens (tertiary/aromatic N) is 1. The lowest BCUT2D eigenvalue weighted by Crippen LogP contribution is -2.03. The summed E-state index contributed by atoms with van der Waals surface area (Å²) < 4.78 is 5.07. The predicted molar refractivity (Wildman–Crippen MR) is 67.0 cm³/mol. The highest BCUT2D eigenvalue weighted by Crippen LogP contribution is 2.16. The monoisotopic (exact) mass is 243 g/mol. The van der Waals surface area contributed by atoms with Crippen molar-refractivity contribution >= 4 is 5.97 Å². The van der Waals surface area contributed by atoms with Gasteiger partial charge in [-0.2, -0.15) is 0 Å². The fourth-order valence-corrected chi connectivity index (χ4v) is 1.74. The van der Waals surface area contributed by atoms with E-state index >= 15 is 0 Å². The van der Waals surface area contributed by atoms with Crippen LogP contribution >= 0.6 is 0 Å². The van der Waals surface area contributed by atoms with E-state index in [1.165, 1.54) is 12.3 Å². The molecule has 0 spiro atoms. The molecule has 0 aliphatic heterocycles. The van der Waals surface area contributed by atoms with E-state index < -0.39 is 5.97 Å². The summed E-state index contributed by atoms with van der Waals surface area (Å²) in [6, 6.07) is 9.05. The Labute approximate surface area is 105 Å². The van der Waals surface area contributed by atoms with Crippen molar-refractivity contribution in [3.63, 3.8) is 0 Å². The van der Waals surface area contributed by atoms with Crippen molar-refractivity contribution in [2.75, 3.05) is 7.11 Å². The van der Waals surface area contributed by atoms with Gasteiger partial charge in [-0.15, -0.1) is 0 Å². The second-order valence-corrected chi connectivity index (χ2v) is 3.86. The van der Waals surface area contributed by atoms with E-state index in [4.69, 9.17) is 9.84 Å². The van der Waals surface area contributed by atoms with Gasteiger partial charge in [-0.3, -0.25) is 4.98 Å². The molecule has 0 fully saturated rings. The number of benzene rings is 1. The lowest BCUT2D eigenvalue weighted by Gasteiger charge is -2.06. The number of pyridine rings is 1. The smallest absolute Gasteiger partial charge is 0.336 e. The number of ether oxygens (including phenoxy) is 1. The van der Waals surface area contributed by atoms with Crippen LogP contribution in [0.25, 0.3) is 0 Å². The molecule has 2 aromatic rings. The molecule has 4 nitrogen and oxygen atoms in total. The summed E-state index contributed by atoms with van der Waals surface area (Å²) in [5, 5.41) is 9.08. The van der Waals surface area contributed by atoms with Crippen molar-refractivity contribution in [3.05, 3.63) is 59.4 Å². The quantitative estimate of drug-likeness (QED) is 0.895. The van der Waals surface area contributed by atoms with Crippen LogP contribution < -0.4 is 4.74 Å². The fourth-order valence-electron chi connectivity index (χ4n) is 1.74. The van der Waals surface area contributed by atoms with Crippen LogP contribution in [0.2, 0.25) is 0 Å². The van der Waals surface area contributed by atoms with Crippen LogP contribution in [-0.4, -0.2) is 23.2 Å². The van der Waals surface area contributed by atoms with Gasteiger partial charge in [0.05, 0.1) is 12.7 Å². The Morgan fingerprint density at radius 2 is 2.00 bits per heavy atom. The van der Waals surface area contributed by atoms with Gasteiger partial charge in [0.2, 0.25) is 0 Å². The number of carboxylic acid groups (broad SMARTS) is 1. The second-order valence-electron chi connectivity index (χ2n) is 3.86. The van der Waals surface area contributed by atoms with E-state index in [-0.39, 0.29) is 0 Å². The van der Waals surface area contributed by atoms with Crippen molar-refractivity contribution < 1.29 is 14.6 Å². The maximum Gasteiger partial charge on any atom is 0.336 e. The Balaban J connectivity index is 2.25. The van der Waals surface area contributed by atoms with Gasteiger partial charge in [0.25, 0.3) is 0 Å². The maximum atomic E-state index is 11.1. The van der Waals surface area contributed by atoms with Crippen molar-refractivity contribution in [3.8, 4) is 5.75 Å². The lowest BCUT2D eigenvalue weighted by atomic mass is 10.0. The topological polar surface area (TPSA) is 59.4 Å². The van der Waals surface area contributed by atoms with Crippen molar-refractivity contribution in [1.29, 1.82) is 0 Å². The molecule has 1 aromatic heterocycles. The van der Waals surface area contributed by atoms with Gasteiger partial charge in [0.1, 0.15) is 5.75 Å². The molecule has 18 heavy (non-hydrogen) atoms. The third-order valence-corrected chi connectivity index (χ3v) is 2.69. The van der Waals surface area contributed by atoms with E-state index in [1.807, 2.05) is 24.3 Å². The molecular formula is C14H13NO3. The number of aromatic nitrogens is 1. The molecule has 92 valence electrons. The first kappa shape index (κ1) is 12.1. The molecule has 1 aromatic carbocycles. The Hall–Kier alpha value is -2.36. The second kappa shape index (κ2) is 5.31. The van der Waals surface area contributed by atoms with Crippen molar-refractivity contribution in [2.24, 2.45) is 0 Å². The average Bonchev–Trinajstić information content (AvgIpc) is 2.40. The summed E-state index contributed by atoms with van der Waals surface area (Å²) in [7, 11) is 1.61. The van der Waals surface area contributed by atoms with Crippen LogP contribution in [0.5, 0.6) is 5.75 Å². The molecule has 0 radical (unpaired) electrons. The van der Waals surface area contributed by atoms with E-state index in [0.717, 1.165) is 11.3 Å². The number of hydrogen-bond donors (Lipinski definition) is 1. The molecule has 0 atom stereocenters. The van der Waals surface area contributed by atoms with Gasteiger partial charge in [-0.05, 0) is 35.7 Å². The van der Waals surface area contributed by atoms with Crippen LogP contribution in [0, 0.1) is 0 Å². The highest BCUT2D eigenvalue weighted by atomic mass is 16.5. The first-order valence-electron chi connectivity index (χ1n) is 5.50. The van der Waals surface area contributed by atoms with Gasteiger partial charge < -0.3 is 9.84 Å². The zero-order chi connectivity index (χ0) is 13.0. The van der Waals surface area contributed by atoms with Gasteiger partial charge in [-0.1, -0.05) is 12.1 Å². The summed E-state index contributed by atoms with van der Waals surface area (Å²) in [4.78, 5) is 15.0. The van der Waals surface area contributed by atoms with Gasteiger partial charge >= 0.3 is 5.97 Å². The molecule has 0 bridgehead atoms. The summed E-state index contributed by atoms with van der Waals surface area (Å²) >= 11 is 0. The van der Waals surface area contributed by atoms with Crippen molar-refractivity contribution in [2.45, 2.75) is 6.42 Å². The lowest BCUT2D eigenvalue weighted by molar-refractivity contribution is 0.0695. The minimum Gasteiger partial charge on any atom is -0.497 e. The molecule has 0 amide bonds. The van der Waals surface area contributed by atoms with Gasteiger partial charge in [0, 0.05) is 12.4 Å². The van der Waals surface area contributed by atoms with Crippen molar-refractivity contribution in [1.82, 2.24) is 4.98 Å². The average molecular weight is 243 g/mol. The zero-order valence-electron chi connectivity index (χ0n) is 9.96. The minimum atomic E-state index is -0.930. The Kier molecular flexibility index (Phi) is 3.57. The van der Waals surface area contributed by atoms with E-state index in [9.17, 15) is 4.79 Å². The molecule has 0 aliphatic rings. The third kappa shape index (κ3) is 2.66. The summed E-state index contributed by atoms with van der Waals surface area (Å²) in [6.07, 6.45) is 3.62. The molecule has 2 rings (SSSR count). The number of rotatable bonds is 4. The number of methoxy groups -OCH3 is 1. The first-order valence-corrected chi connectivity index (χ1v) is 5.50. The third-order valence-electron chi connectivity index (χ3n) is 2.69. The highest BCUT2D eigenvalue weighted by molar-refractivity contribution is 5.89. The van der Waals surface area contributed by atoms with E-state index in [0.29, 0.717) is 17.5 Å². The number of aromatic carboxylic acids is 1. The summed E-state index contributed by atoms with van der Waals surface area (Å²) in [5.41, 5.74) is 2.02. The fraction of sp³-hybridized carbons (Fsp3) is 0.143. The van der Waals surface area contributed by atoms with Gasteiger partial charge in [-0.25, -0.2) is 4.79 Å². The normalized spacial score (nSPS) is 10.1. The summed E-state index contributed by atoms with van der Waals surface area (Å²) in [5.74, 6) is -0.149. The molecule has 1 N–H and O–H groups in total. The predicted octanol–water partition coefficient (Wildman–Crippen LogP) is 2.38. The molecular weight excluding hydrogens is 230 g/mol. The van der Waals surface area contributed by atoms with E-state index in [1.54, 1.807) is 13.3 Å². The SMILES string of the molecule is COc1ccc(Cc2cnccc2C(=O)O)cc1. The van der Waals surface area contributed by atoms with Gasteiger partial charge in [0.15, 0.2) is 0 Å². The Bertz CT molecular complexity index is 549. The molecule has 4 heteroatoms. The summed E-state index contributed by atoms with van der Waals surface area (Å²) in [6.45, 7) is 0. The van der Waals surface area contributed by atoms with Crippen LogP contribution in [0.3, 0.4) is 0 Å². The highest BCUT2D eigenvalue weighted by Gasteiger charge is 2.09. The Morgan fingerprint density at radius 1 is 1.28 bits per heavy atom. The van der Waals surface area contributed by atoms with Crippen LogP contribution in [0.15, 0.2) is 42.7 Å². The largest absolute Gasteiger partial charge is 0.497 e. The molecule has 0 aliphatic carbocycles. The molecule has 0 saturated carbocycles. The number of hydrogen-bond acceptors (Lipinski definition) is 3. The van der Waals surface area contributed by atoms with Crippen LogP contribution in [0.1, 0.15) is 21.5 Å². The Morgan fingerprint density at radius 3 is 2.61 bits per heavy atom. The minimum absolute atomic E-state index is 0.292. The van der Waals surface area contributed by atoms with Crippen LogP contribution in [-0.2, 0) is 6.42 Å². The molecule has 0 unspecified atom stereocenters. The first-order chi connectivity index (χ1) is 8.70. The molecule has 1 heterocycles. The molecule has 0 saturated heterocycles. The number of carboxylic acids is 1. The standard InChI is InChI=1S/C14H13NO3/c1-18-12-4-2-10(3-5-12)8-11-9-15-7-6-13(11)14(16)17/h2-7,9H,8H2,1H3,(H,16,17). The van der Waals surface area contributed by atoms with E-state index in [2.05, 4.69) is 4.98 Å². The van der Waals surface area contributed by atoms with Crippen LogP contribution in [0.4, 0.5) is 0 Å². The maximum absolute atomic E-state index is 11.1.